The first-order valence-corrected chi connectivity index (χ1v) is 7.85. The van der Waals surface area contributed by atoms with Crippen LogP contribution in [0.5, 0.6) is 5.75 Å². The highest BCUT2D eigenvalue weighted by Crippen LogP contribution is 2.23. The van der Waals surface area contributed by atoms with Gasteiger partial charge >= 0.3 is 0 Å². The lowest BCUT2D eigenvalue weighted by molar-refractivity contribution is 0.0936. The summed E-state index contributed by atoms with van der Waals surface area (Å²) in [6, 6.07) is 10.4. The Bertz CT molecular complexity index is 995. The van der Waals surface area contributed by atoms with Crippen LogP contribution in [-0.2, 0) is 0 Å². The number of nitrogens with one attached hydrogen (secondary N) is 1. The highest BCUT2D eigenvalue weighted by molar-refractivity contribution is 5.94. The Morgan fingerprint density at radius 1 is 1.20 bits per heavy atom. The van der Waals surface area contributed by atoms with E-state index in [2.05, 4.69) is 15.3 Å². The first-order valence-electron chi connectivity index (χ1n) is 7.85. The summed E-state index contributed by atoms with van der Waals surface area (Å²) in [6.45, 7) is 3.64. The summed E-state index contributed by atoms with van der Waals surface area (Å²) in [4.78, 5) is 33.9. The van der Waals surface area contributed by atoms with Crippen molar-refractivity contribution in [3.8, 4) is 11.4 Å². The van der Waals surface area contributed by atoms with E-state index in [-0.39, 0.29) is 11.7 Å². The molecule has 0 bridgehead atoms. The monoisotopic (exact) mass is 338 g/mol. The van der Waals surface area contributed by atoms with E-state index in [0.717, 1.165) is 0 Å². The molecule has 7 heteroatoms. The lowest BCUT2D eigenvalue weighted by Crippen LogP contribution is -2.37. The van der Waals surface area contributed by atoms with Gasteiger partial charge in [-0.25, -0.2) is 9.97 Å². The van der Waals surface area contributed by atoms with E-state index in [1.165, 1.54) is 11.7 Å². The van der Waals surface area contributed by atoms with Crippen molar-refractivity contribution in [3.63, 3.8) is 0 Å². The number of pyridine rings is 1. The molecule has 0 aliphatic rings. The maximum Gasteiger partial charge on any atom is 0.288 e. The number of aromatic nitrogens is 3. The van der Waals surface area contributed by atoms with Crippen molar-refractivity contribution >= 4 is 17.1 Å². The largest absolute Gasteiger partial charge is 0.495 e. The molecule has 1 amide bonds. The molecule has 1 aromatic carbocycles. The minimum atomic E-state index is -0.547. The average molecular weight is 338 g/mol. The van der Waals surface area contributed by atoms with E-state index in [1.54, 1.807) is 42.6 Å². The number of nitrogens with zero attached hydrogens (tertiary/aromatic N) is 3. The molecule has 0 aliphatic heterocycles. The number of ether oxygens (including phenoxy) is 1. The van der Waals surface area contributed by atoms with E-state index >= 15 is 0 Å². The molecule has 7 nitrogen and oxygen atoms in total. The zero-order valence-electron chi connectivity index (χ0n) is 14.2. The van der Waals surface area contributed by atoms with Crippen molar-refractivity contribution in [2.45, 2.75) is 19.9 Å². The van der Waals surface area contributed by atoms with Crippen LogP contribution >= 0.6 is 0 Å². The maximum absolute atomic E-state index is 13.0. The molecular formula is C18H18N4O3. The molecule has 128 valence electrons. The van der Waals surface area contributed by atoms with Crippen molar-refractivity contribution in [1.82, 2.24) is 19.9 Å². The fraction of sp³-hybridized carbons (Fsp3) is 0.222. The summed E-state index contributed by atoms with van der Waals surface area (Å²) < 4.78 is 6.72. The molecule has 0 saturated carbocycles. The van der Waals surface area contributed by atoms with Gasteiger partial charge in [0.2, 0.25) is 0 Å². The molecule has 0 unspecified atom stereocenters. The van der Waals surface area contributed by atoms with Crippen LogP contribution in [0.4, 0.5) is 0 Å². The van der Waals surface area contributed by atoms with Crippen molar-refractivity contribution in [1.29, 1.82) is 0 Å². The van der Waals surface area contributed by atoms with E-state index < -0.39 is 11.5 Å². The molecule has 2 aromatic heterocycles. The molecule has 2 heterocycles. The summed E-state index contributed by atoms with van der Waals surface area (Å²) in [5.41, 5.74) is 0.577. The third-order valence-corrected chi connectivity index (χ3v) is 3.58. The highest BCUT2D eigenvalue weighted by atomic mass is 16.5. The average Bonchev–Trinajstić information content (AvgIpc) is 2.60. The topological polar surface area (TPSA) is 86.1 Å². The van der Waals surface area contributed by atoms with Crippen LogP contribution in [0.3, 0.4) is 0 Å². The standard InChI is InChI=1S/C18H18N4O3/c1-11(2)20-17(23)15-18(24)22(13-8-4-5-9-14(13)25-3)16-12(21-15)7-6-10-19-16/h4-11H,1-3H3,(H,20,23). The Kier molecular flexibility index (Phi) is 4.47. The summed E-state index contributed by atoms with van der Waals surface area (Å²) in [5.74, 6) is -0.0210. The Labute approximate surface area is 144 Å². The van der Waals surface area contributed by atoms with E-state index in [4.69, 9.17) is 4.74 Å². The lowest BCUT2D eigenvalue weighted by atomic mass is 10.2. The number of benzene rings is 1. The Morgan fingerprint density at radius 3 is 2.68 bits per heavy atom. The fourth-order valence-electron chi connectivity index (χ4n) is 2.53. The predicted octanol–water partition coefficient (Wildman–Crippen LogP) is 1.93. The maximum atomic E-state index is 13.0. The van der Waals surface area contributed by atoms with Crippen LogP contribution in [-0.4, -0.2) is 33.6 Å². The van der Waals surface area contributed by atoms with Gasteiger partial charge in [0.1, 0.15) is 11.3 Å². The second-order valence-corrected chi connectivity index (χ2v) is 5.75. The SMILES string of the molecule is COc1ccccc1-n1c(=O)c(C(=O)NC(C)C)nc2cccnc21. The molecule has 0 spiro atoms. The first-order chi connectivity index (χ1) is 12.0. The van der Waals surface area contributed by atoms with E-state index in [9.17, 15) is 9.59 Å². The zero-order valence-corrected chi connectivity index (χ0v) is 14.2. The van der Waals surface area contributed by atoms with Crippen LogP contribution in [0.2, 0.25) is 0 Å². The van der Waals surface area contributed by atoms with Gasteiger partial charge in [-0.2, -0.15) is 0 Å². The fourth-order valence-corrected chi connectivity index (χ4v) is 2.53. The molecule has 3 aromatic rings. The van der Waals surface area contributed by atoms with Gasteiger partial charge in [-0.05, 0) is 38.1 Å². The van der Waals surface area contributed by atoms with Crippen LogP contribution in [0.15, 0.2) is 47.4 Å². The first kappa shape index (κ1) is 16.6. The number of methoxy groups -OCH3 is 1. The minimum Gasteiger partial charge on any atom is -0.495 e. The number of fused-ring (bicyclic) bond motifs is 1. The quantitative estimate of drug-likeness (QED) is 0.785. The summed E-state index contributed by atoms with van der Waals surface area (Å²) >= 11 is 0. The normalized spacial score (nSPS) is 10.9. The number of carbonyl (C=O) groups excluding carboxylic acids is 1. The Hall–Kier alpha value is -3.22. The van der Waals surface area contributed by atoms with Gasteiger partial charge in [0.05, 0.1) is 12.8 Å². The molecule has 0 atom stereocenters. The molecule has 0 aliphatic carbocycles. The molecule has 0 saturated heterocycles. The van der Waals surface area contributed by atoms with Crippen molar-refractivity contribution in [3.05, 3.63) is 58.6 Å². The van der Waals surface area contributed by atoms with Crippen LogP contribution in [0, 0.1) is 0 Å². The third kappa shape index (κ3) is 3.08. The van der Waals surface area contributed by atoms with Gasteiger partial charge in [-0.3, -0.25) is 14.2 Å². The van der Waals surface area contributed by atoms with Crippen molar-refractivity contribution < 1.29 is 9.53 Å². The molecule has 0 radical (unpaired) electrons. The minimum absolute atomic E-state index is 0.113. The number of carbonyl (C=O) groups is 1. The Morgan fingerprint density at radius 2 is 1.96 bits per heavy atom. The number of para-hydroxylation sites is 2. The van der Waals surface area contributed by atoms with E-state index in [0.29, 0.717) is 22.6 Å². The molecular weight excluding hydrogens is 320 g/mol. The van der Waals surface area contributed by atoms with Crippen molar-refractivity contribution in [2.24, 2.45) is 0 Å². The molecule has 3 rings (SSSR count). The third-order valence-electron chi connectivity index (χ3n) is 3.58. The predicted molar refractivity (Wildman–Crippen MR) is 94.3 cm³/mol. The lowest BCUT2D eigenvalue weighted by Gasteiger charge is -2.14. The molecule has 25 heavy (non-hydrogen) atoms. The number of hydrogen-bond acceptors (Lipinski definition) is 5. The number of amides is 1. The van der Waals surface area contributed by atoms with Gasteiger partial charge in [0.15, 0.2) is 11.3 Å². The number of hydrogen-bond donors (Lipinski definition) is 1. The van der Waals surface area contributed by atoms with Crippen LogP contribution in [0.25, 0.3) is 16.9 Å². The van der Waals surface area contributed by atoms with Gasteiger partial charge in [0.25, 0.3) is 11.5 Å². The second kappa shape index (κ2) is 6.72. The summed E-state index contributed by atoms with van der Waals surface area (Å²) in [7, 11) is 1.52. The zero-order chi connectivity index (χ0) is 18.0. The Balaban J connectivity index is 2.35. The molecule has 1 N–H and O–H groups in total. The van der Waals surface area contributed by atoms with Gasteiger partial charge in [0, 0.05) is 12.2 Å². The summed E-state index contributed by atoms with van der Waals surface area (Å²) in [5, 5.41) is 2.71. The number of rotatable bonds is 4. The summed E-state index contributed by atoms with van der Waals surface area (Å²) in [6.07, 6.45) is 1.57. The molecule has 0 fully saturated rings. The van der Waals surface area contributed by atoms with Crippen molar-refractivity contribution in [2.75, 3.05) is 7.11 Å². The van der Waals surface area contributed by atoms with Crippen LogP contribution in [0.1, 0.15) is 24.3 Å². The van der Waals surface area contributed by atoms with Crippen LogP contribution < -0.4 is 15.6 Å². The second-order valence-electron chi connectivity index (χ2n) is 5.75. The smallest absolute Gasteiger partial charge is 0.288 e. The van der Waals surface area contributed by atoms with Gasteiger partial charge < -0.3 is 10.1 Å². The van der Waals surface area contributed by atoms with Gasteiger partial charge in [-0.1, -0.05) is 12.1 Å². The highest BCUT2D eigenvalue weighted by Gasteiger charge is 2.21. The van der Waals surface area contributed by atoms with E-state index in [1.807, 2.05) is 13.8 Å². The van der Waals surface area contributed by atoms with Gasteiger partial charge in [-0.15, -0.1) is 0 Å².